The van der Waals surface area contributed by atoms with Crippen molar-refractivity contribution in [3.8, 4) is 11.6 Å². The maximum Gasteiger partial charge on any atom is 0.259 e. The molecule has 1 aliphatic heterocycles. The van der Waals surface area contributed by atoms with Gasteiger partial charge in [-0.15, -0.1) is 0 Å². The predicted molar refractivity (Wildman–Crippen MR) is 133 cm³/mol. The first-order valence-corrected chi connectivity index (χ1v) is 11.8. The quantitative estimate of drug-likeness (QED) is 0.500. The van der Waals surface area contributed by atoms with Gasteiger partial charge in [0.25, 0.3) is 5.91 Å². The van der Waals surface area contributed by atoms with Crippen LogP contribution < -0.4 is 15.0 Å². The molecule has 1 aliphatic rings. The van der Waals surface area contributed by atoms with E-state index in [1.807, 2.05) is 12.1 Å². The lowest BCUT2D eigenvalue weighted by atomic mass is 10.1. The van der Waals surface area contributed by atoms with Crippen molar-refractivity contribution in [3.63, 3.8) is 0 Å². The van der Waals surface area contributed by atoms with E-state index >= 15 is 0 Å². The lowest BCUT2D eigenvalue weighted by molar-refractivity contribution is 0.0975. The minimum Gasteiger partial charge on any atom is -0.439 e. The molecule has 0 unspecified atom stereocenters. The first kappa shape index (κ1) is 24.8. The Morgan fingerprint density at radius 3 is 2.57 bits per heavy atom. The summed E-state index contributed by atoms with van der Waals surface area (Å²) in [5, 5.41) is 3.46. The first-order chi connectivity index (χ1) is 17.0. The number of benzene rings is 2. The van der Waals surface area contributed by atoms with Crippen molar-refractivity contribution >= 4 is 11.6 Å². The van der Waals surface area contributed by atoms with E-state index < -0.39 is 0 Å². The Bertz CT molecular complexity index is 1090. The molecule has 35 heavy (non-hydrogen) atoms. The van der Waals surface area contributed by atoms with Gasteiger partial charge in [0.2, 0.25) is 5.88 Å². The predicted octanol–water partition coefficient (Wildman–Crippen LogP) is 4.10. The molecule has 3 aromatic rings. The third-order valence-corrected chi connectivity index (χ3v) is 5.89. The van der Waals surface area contributed by atoms with Gasteiger partial charge >= 0.3 is 0 Å². The largest absolute Gasteiger partial charge is 0.439 e. The molecule has 4 rings (SSSR count). The van der Waals surface area contributed by atoms with E-state index in [4.69, 9.17) is 9.47 Å². The standard InChI is InChI=1S/C27H31FN4O3/c1-20-18-31(14-13-29-20)19-21-3-8-24(9-4-21)32(15-16-34-2)27(33)22-5-12-26(30-17-22)35-25-10-6-23(28)7-11-25/h3-12,17,20,29H,13-16,18-19H2,1-2H3/t20-/m0/s1. The van der Waals surface area contributed by atoms with Crippen molar-refractivity contribution in [2.75, 3.05) is 44.8 Å². The number of nitrogens with zero attached hydrogens (tertiary/aromatic N) is 3. The second kappa shape index (κ2) is 11.9. The average Bonchev–Trinajstić information content (AvgIpc) is 2.87. The SMILES string of the molecule is COCCN(C(=O)c1ccc(Oc2ccc(F)cc2)nc1)c1ccc(CN2CCN[C@@H](C)C2)cc1. The summed E-state index contributed by atoms with van der Waals surface area (Å²) in [6.07, 6.45) is 1.49. The smallest absolute Gasteiger partial charge is 0.259 e. The van der Waals surface area contributed by atoms with Gasteiger partial charge < -0.3 is 19.7 Å². The lowest BCUT2D eigenvalue weighted by Gasteiger charge is -2.32. The van der Waals surface area contributed by atoms with Crippen molar-refractivity contribution in [2.24, 2.45) is 0 Å². The number of anilines is 1. The van der Waals surface area contributed by atoms with Gasteiger partial charge in [-0.05, 0) is 55.0 Å². The Balaban J connectivity index is 1.44. The second-order valence-electron chi connectivity index (χ2n) is 8.65. The third kappa shape index (κ3) is 6.85. The number of hydrogen-bond donors (Lipinski definition) is 1. The topological polar surface area (TPSA) is 66.9 Å². The van der Waals surface area contributed by atoms with Crippen LogP contribution in [0.5, 0.6) is 11.6 Å². The number of rotatable bonds is 9. The highest BCUT2D eigenvalue weighted by atomic mass is 19.1. The molecule has 0 saturated carbocycles. The van der Waals surface area contributed by atoms with Crippen LogP contribution in [0, 0.1) is 5.82 Å². The molecule has 7 nitrogen and oxygen atoms in total. The summed E-state index contributed by atoms with van der Waals surface area (Å²) in [7, 11) is 1.61. The van der Waals surface area contributed by atoms with Crippen LogP contribution in [0.15, 0.2) is 66.9 Å². The Kier molecular flexibility index (Phi) is 8.41. The molecule has 184 valence electrons. The first-order valence-electron chi connectivity index (χ1n) is 11.8. The van der Waals surface area contributed by atoms with Gasteiger partial charge in [0, 0.05) is 63.8 Å². The number of piperazine rings is 1. The number of ether oxygens (including phenoxy) is 2. The Morgan fingerprint density at radius 1 is 1.14 bits per heavy atom. The fraction of sp³-hybridized carbons (Fsp3) is 0.333. The molecule has 1 saturated heterocycles. The zero-order valence-electron chi connectivity index (χ0n) is 20.1. The number of amides is 1. The molecular weight excluding hydrogens is 447 g/mol. The summed E-state index contributed by atoms with van der Waals surface area (Å²) in [4.78, 5) is 21.7. The zero-order valence-corrected chi connectivity index (χ0v) is 20.1. The summed E-state index contributed by atoms with van der Waals surface area (Å²) in [5.74, 6) is 0.277. The third-order valence-electron chi connectivity index (χ3n) is 5.89. The van der Waals surface area contributed by atoms with Crippen LogP contribution in [-0.4, -0.2) is 61.7 Å². The highest BCUT2D eigenvalue weighted by molar-refractivity contribution is 6.05. The van der Waals surface area contributed by atoms with Crippen molar-refractivity contribution in [3.05, 3.63) is 83.8 Å². The van der Waals surface area contributed by atoms with E-state index in [9.17, 15) is 9.18 Å². The normalized spacial score (nSPS) is 16.1. The molecular formula is C27H31FN4O3. The molecule has 0 aliphatic carbocycles. The summed E-state index contributed by atoms with van der Waals surface area (Å²) in [5.41, 5.74) is 2.45. The fourth-order valence-electron chi connectivity index (χ4n) is 4.07. The Labute approximate surface area is 205 Å². The maximum atomic E-state index is 13.3. The van der Waals surface area contributed by atoms with E-state index in [1.54, 1.807) is 24.1 Å². The van der Waals surface area contributed by atoms with Gasteiger partial charge in [0.1, 0.15) is 11.6 Å². The molecule has 8 heteroatoms. The van der Waals surface area contributed by atoms with Gasteiger partial charge in [0.15, 0.2) is 0 Å². The summed E-state index contributed by atoms with van der Waals surface area (Å²) >= 11 is 0. The highest BCUT2D eigenvalue weighted by Gasteiger charge is 2.19. The lowest BCUT2D eigenvalue weighted by Crippen LogP contribution is -2.48. The average molecular weight is 479 g/mol. The van der Waals surface area contributed by atoms with E-state index in [0.29, 0.717) is 36.4 Å². The minimum atomic E-state index is -0.339. The number of carbonyl (C=O) groups excluding carboxylic acids is 1. The summed E-state index contributed by atoms with van der Waals surface area (Å²) in [6.45, 7) is 6.96. The minimum absolute atomic E-state index is 0.174. The monoisotopic (exact) mass is 478 g/mol. The van der Waals surface area contributed by atoms with Crippen LogP contribution in [0.4, 0.5) is 10.1 Å². The Morgan fingerprint density at radius 2 is 1.91 bits per heavy atom. The van der Waals surface area contributed by atoms with E-state index in [2.05, 4.69) is 34.3 Å². The van der Waals surface area contributed by atoms with Gasteiger partial charge in [-0.25, -0.2) is 9.37 Å². The number of hydrogen-bond acceptors (Lipinski definition) is 6. The molecule has 2 heterocycles. The van der Waals surface area contributed by atoms with Gasteiger partial charge in [0.05, 0.1) is 12.2 Å². The summed E-state index contributed by atoms with van der Waals surface area (Å²) in [6, 6.07) is 17.6. The van der Waals surface area contributed by atoms with Crippen LogP contribution in [0.3, 0.4) is 0 Å². The van der Waals surface area contributed by atoms with Gasteiger partial charge in [-0.3, -0.25) is 9.69 Å². The number of pyridine rings is 1. The Hall–Kier alpha value is -3.33. The van der Waals surface area contributed by atoms with E-state index in [0.717, 1.165) is 31.9 Å². The van der Waals surface area contributed by atoms with Crippen molar-refractivity contribution in [1.82, 2.24) is 15.2 Å². The number of methoxy groups -OCH3 is 1. The number of aromatic nitrogens is 1. The van der Waals surface area contributed by atoms with E-state index in [-0.39, 0.29) is 11.7 Å². The zero-order chi connectivity index (χ0) is 24.6. The van der Waals surface area contributed by atoms with Crippen LogP contribution in [0.2, 0.25) is 0 Å². The second-order valence-corrected chi connectivity index (χ2v) is 8.65. The molecule has 1 amide bonds. The van der Waals surface area contributed by atoms with Gasteiger partial charge in [-0.1, -0.05) is 12.1 Å². The molecule has 1 atom stereocenters. The fourth-order valence-corrected chi connectivity index (χ4v) is 4.07. The summed E-state index contributed by atoms with van der Waals surface area (Å²) < 4.78 is 24.0. The number of halogens is 1. The van der Waals surface area contributed by atoms with Crippen LogP contribution >= 0.6 is 0 Å². The van der Waals surface area contributed by atoms with Crippen LogP contribution in [-0.2, 0) is 11.3 Å². The van der Waals surface area contributed by atoms with Crippen LogP contribution in [0.1, 0.15) is 22.8 Å². The van der Waals surface area contributed by atoms with Crippen LogP contribution in [0.25, 0.3) is 0 Å². The molecule has 0 spiro atoms. The van der Waals surface area contributed by atoms with Crippen molar-refractivity contribution in [1.29, 1.82) is 0 Å². The maximum absolute atomic E-state index is 13.3. The number of nitrogens with one attached hydrogen (secondary N) is 1. The van der Waals surface area contributed by atoms with Crippen molar-refractivity contribution in [2.45, 2.75) is 19.5 Å². The molecule has 1 N–H and O–H groups in total. The van der Waals surface area contributed by atoms with E-state index in [1.165, 1.54) is 36.0 Å². The molecule has 1 fully saturated rings. The van der Waals surface area contributed by atoms with Crippen molar-refractivity contribution < 1.29 is 18.7 Å². The molecule has 0 radical (unpaired) electrons. The molecule has 0 bridgehead atoms. The number of carbonyl (C=O) groups is 1. The van der Waals surface area contributed by atoms with Gasteiger partial charge in [-0.2, -0.15) is 0 Å². The highest BCUT2D eigenvalue weighted by Crippen LogP contribution is 2.22. The molecule has 2 aromatic carbocycles. The molecule has 1 aromatic heterocycles.